The second kappa shape index (κ2) is 4.48. The average Bonchev–Trinajstić information content (AvgIpc) is 2.80. The monoisotopic (exact) mass is 217 g/mol. The van der Waals surface area contributed by atoms with Crippen molar-refractivity contribution in [3.8, 4) is 0 Å². The Balaban J connectivity index is 1.98. The second-order valence-electron chi connectivity index (χ2n) is 3.26. The van der Waals surface area contributed by atoms with E-state index in [4.69, 9.17) is 5.11 Å². The predicted octanol–water partition coefficient (Wildman–Crippen LogP) is 1.65. The summed E-state index contributed by atoms with van der Waals surface area (Å²) in [6, 6.07) is 8.43. The zero-order valence-electron chi connectivity index (χ0n) is 8.50. The van der Waals surface area contributed by atoms with Crippen LogP contribution < -0.4 is 5.32 Å². The van der Waals surface area contributed by atoms with Gasteiger partial charge in [-0.2, -0.15) is 5.10 Å². The zero-order chi connectivity index (χ0) is 11.4. The highest BCUT2D eigenvalue weighted by Crippen LogP contribution is 2.09. The molecular formula is C11H11N3O2. The van der Waals surface area contributed by atoms with E-state index in [0.717, 1.165) is 5.69 Å². The molecule has 16 heavy (non-hydrogen) atoms. The minimum absolute atomic E-state index is 0.282. The molecule has 5 nitrogen and oxygen atoms in total. The third-order valence-corrected chi connectivity index (χ3v) is 2.14. The van der Waals surface area contributed by atoms with Crippen LogP contribution in [0, 0.1) is 0 Å². The SMILES string of the molecule is O=C(O)c1ccc(NCn2cccn2)cc1. The molecule has 0 atom stereocenters. The molecule has 1 heterocycles. The number of nitrogens with one attached hydrogen (secondary N) is 1. The predicted molar refractivity (Wildman–Crippen MR) is 59.3 cm³/mol. The minimum Gasteiger partial charge on any atom is -0.478 e. The van der Waals surface area contributed by atoms with E-state index < -0.39 is 5.97 Å². The Morgan fingerprint density at radius 1 is 1.38 bits per heavy atom. The lowest BCUT2D eigenvalue weighted by Crippen LogP contribution is -2.08. The first-order chi connectivity index (χ1) is 7.75. The Morgan fingerprint density at radius 2 is 2.12 bits per heavy atom. The van der Waals surface area contributed by atoms with E-state index in [1.165, 1.54) is 0 Å². The molecule has 0 aliphatic heterocycles. The summed E-state index contributed by atoms with van der Waals surface area (Å²) in [5.74, 6) is -0.918. The number of benzene rings is 1. The van der Waals surface area contributed by atoms with E-state index in [-0.39, 0.29) is 5.56 Å². The fourth-order valence-electron chi connectivity index (χ4n) is 1.30. The number of aromatic nitrogens is 2. The number of nitrogens with zero attached hydrogens (tertiary/aromatic N) is 2. The zero-order valence-corrected chi connectivity index (χ0v) is 8.50. The Hall–Kier alpha value is -2.30. The first kappa shape index (κ1) is 10.2. The van der Waals surface area contributed by atoms with Gasteiger partial charge in [-0.25, -0.2) is 4.79 Å². The van der Waals surface area contributed by atoms with Gasteiger partial charge < -0.3 is 10.4 Å². The average molecular weight is 217 g/mol. The Kier molecular flexibility index (Phi) is 2.86. The van der Waals surface area contributed by atoms with Crippen LogP contribution in [0.2, 0.25) is 0 Å². The molecule has 1 aromatic heterocycles. The van der Waals surface area contributed by atoms with Gasteiger partial charge in [-0.3, -0.25) is 4.68 Å². The molecule has 0 bridgehead atoms. The van der Waals surface area contributed by atoms with Crippen molar-refractivity contribution < 1.29 is 9.90 Å². The molecule has 2 N–H and O–H groups in total. The molecule has 0 aliphatic rings. The molecule has 2 rings (SSSR count). The summed E-state index contributed by atoms with van der Waals surface area (Å²) in [4.78, 5) is 10.6. The molecule has 0 fully saturated rings. The van der Waals surface area contributed by atoms with Gasteiger partial charge in [0.05, 0.1) is 5.56 Å². The third kappa shape index (κ3) is 2.38. The van der Waals surface area contributed by atoms with Crippen molar-refractivity contribution in [3.63, 3.8) is 0 Å². The third-order valence-electron chi connectivity index (χ3n) is 2.14. The molecule has 5 heteroatoms. The van der Waals surface area contributed by atoms with Crippen molar-refractivity contribution >= 4 is 11.7 Å². The van der Waals surface area contributed by atoms with Gasteiger partial charge in [0, 0.05) is 18.1 Å². The Bertz CT molecular complexity index is 462. The topological polar surface area (TPSA) is 67.2 Å². The number of anilines is 1. The summed E-state index contributed by atoms with van der Waals surface area (Å²) in [6.07, 6.45) is 3.55. The smallest absolute Gasteiger partial charge is 0.335 e. The van der Waals surface area contributed by atoms with Crippen LogP contribution in [0.3, 0.4) is 0 Å². The number of carboxylic acids is 1. The van der Waals surface area contributed by atoms with Crippen molar-refractivity contribution in [3.05, 3.63) is 48.3 Å². The molecule has 0 amide bonds. The van der Waals surface area contributed by atoms with Crippen LogP contribution in [-0.4, -0.2) is 20.9 Å². The van der Waals surface area contributed by atoms with Crippen molar-refractivity contribution in [2.75, 3.05) is 5.32 Å². The lowest BCUT2D eigenvalue weighted by molar-refractivity contribution is 0.0697. The number of rotatable bonds is 4. The van der Waals surface area contributed by atoms with Crippen LogP contribution in [0.4, 0.5) is 5.69 Å². The molecular weight excluding hydrogens is 206 g/mol. The van der Waals surface area contributed by atoms with Gasteiger partial charge in [0.25, 0.3) is 0 Å². The molecule has 0 aliphatic carbocycles. The van der Waals surface area contributed by atoms with Crippen molar-refractivity contribution in [2.24, 2.45) is 0 Å². The molecule has 0 spiro atoms. The van der Waals surface area contributed by atoms with E-state index in [9.17, 15) is 4.79 Å². The summed E-state index contributed by atoms with van der Waals surface area (Å²) in [6.45, 7) is 0.555. The molecule has 0 radical (unpaired) electrons. The number of carbonyl (C=O) groups is 1. The van der Waals surface area contributed by atoms with Gasteiger partial charge in [0.1, 0.15) is 6.67 Å². The maximum atomic E-state index is 10.6. The molecule has 0 saturated heterocycles. The van der Waals surface area contributed by atoms with Gasteiger partial charge in [-0.1, -0.05) is 0 Å². The first-order valence-electron chi connectivity index (χ1n) is 4.80. The van der Waals surface area contributed by atoms with Crippen LogP contribution in [0.5, 0.6) is 0 Å². The maximum absolute atomic E-state index is 10.6. The van der Waals surface area contributed by atoms with Gasteiger partial charge in [0.2, 0.25) is 0 Å². The van der Waals surface area contributed by atoms with Crippen LogP contribution in [0.15, 0.2) is 42.7 Å². The Labute approximate surface area is 92.3 Å². The number of carboxylic acid groups (broad SMARTS) is 1. The summed E-state index contributed by atoms with van der Waals surface area (Å²) in [5, 5.41) is 15.9. The maximum Gasteiger partial charge on any atom is 0.335 e. The van der Waals surface area contributed by atoms with Crippen molar-refractivity contribution in [2.45, 2.75) is 6.67 Å². The number of hydrogen-bond donors (Lipinski definition) is 2. The molecule has 0 saturated carbocycles. The standard InChI is InChI=1S/C11H11N3O2/c15-11(16)9-2-4-10(5-3-9)12-8-14-7-1-6-13-14/h1-7,12H,8H2,(H,15,16). The lowest BCUT2D eigenvalue weighted by atomic mass is 10.2. The highest BCUT2D eigenvalue weighted by atomic mass is 16.4. The molecule has 82 valence electrons. The van der Waals surface area contributed by atoms with Crippen LogP contribution >= 0.6 is 0 Å². The number of hydrogen-bond acceptors (Lipinski definition) is 3. The highest BCUT2D eigenvalue weighted by molar-refractivity contribution is 5.87. The summed E-state index contributed by atoms with van der Waals surface area (Å²) in [5.41, 5.74) is 1.14. The normalized spacial score (nSPS) is 10.0. The first-order valence-corrected chi connectivity index (χ1v) is 4.80. The van der Waals surface area contributed by atoms with Crippen LogP contribution in [-0.2, 0) is 6.67 Å². The lowest BCUT2D eigenvalue weighted by Gasteiger charge is -2.06. The van der Waals surface area contributed by atoms with Gasteiger partial charge >= 0.3 is 5.97 Å². The highest BCUT2D eigenvalue weighted by Gasteiger charge is 2.00. The van der Waals surface area contributed by atoms with Gasteiger partial charge in [0.15, 0.2) is 0 Å². The van der Waals surface area contributed by atoms with Gasteiger partial charge in [-0.15, -0.1) is 0 Å². The fraction of sp³-hybridized carbons (Fsp3) is 0.0909. The molecule has 0 unspecified atom stereocenters. The summed E-state index contributed by atoms with van der Waals surface area (Å²) < 4.78 is 1.74. The van der Waals surface area contributed by atoms with E-state index in [2.05, 4.69) is 10.4 Å². The quantitative estimate of drug-likeness (QED) is 0.817. The largest absolute Gasteiger partial charge is 0.478 e. The number of aromatic carboxylic acids is 1. The fourth-order valence-corrected chi connectivity index (χ4v) is 1.30. The van der Waals surface area contributed by atoms with Crippen molar-refractivity contribution in [1.29, 1.82) is 0 Å². The van der Waals surface area contributed by atoms with Crippen LogP contribution in [0.25, 0.3) is 0 Å². The summed E-state index contributed by atoms with van der Waals surface area (Å²) in [7, 11) is 0. The molecule has 2 aromatic rings. The van der Waals surface area contributed by atoms with Gasteiger partial charge in [-0.05, 0) is 30.3 Å². The van der Waals surface area contributed by atoms with E-state index in [0.29, 0.717) is 6.67 Å². The minimum atomic E-state index is -0.918. The Morgan fingerprint density at radius 3 is 2.69 bits per heavy atom. The van der Waals surface area contributed by atoms with Crippen molar-refractivity contribution in [1.82, 2.24) is 9.78 Å². The van der Waals surface area contributed by atoms with E-state index >= 15 is 0 Å². The van der Waals surface area contributed by atoms with E-state index in [1.807, 2.05) is 12.3 Å². The molecule has 1 aromatic carbocycles. The van der Waals surface area contributed by atoms with E-state index in [1.54, 1.807) is 35.1 Å². The summed E-state index contributed by atoms with van der Waals surface area (Å²) >= 11 is 0. The second-order valence-corrected chi connectivity index (χ2v) is 3.26. The van der Waals surface area contributed by atoms with Crippen LogP contribution in [0.1, 0.15) is 10.4 Å².